The van der Waals surface area contributed by atoms with Gasteiger partial charge in [0.2, 0.25) is 5.88 Å². The maximum atomic E-state index is 5.82. The highest BCUT2D eigenvalue weighted by molar-refractivity contribution is 5.20. The number of hydrogen-bond donors (Lipinski definition) is 1. The van der Waals surface area contributed by atoms with Crippen LogP contribution >= 0.6 is 0 Å². The monoisotopic (exact) mass is 278 g/mol. The summed E-state index contributed by atoms with van der Waals surface area (Å²) in [6, 6.07) is 4.07. The number of nitrogens with zero attached hydrogens (tertiary/aromatic N) is 1. The highest BCUT2D eigenvalue weighted by Gasteiger charge is 2.14. The van der Waals surface area contributed by atoms with Crippen molar-refractivity contribution in [2.75, 3.05) is 26.4 Å². The van der Waals surface area contributed by atoms with Gasteiger partial charge in [0.15, 0.2) is 0 Å². The van der Waals surface area contributed by atoms with Gasteiger partial charge in [-0.3, -0.25) is 0 Å². The predicted octanol–water partition coefficient (Wildman–Crippen LogP) is 2.63. The third-order valence-electron chi connectivity index (χ3n) is 3.49. The summed E-state index contributed by atoms with van der Waals surface area (Å²) in [5, 5.41) is 3.43. The quantitative estimate of drug-likeness (QED) is 0.832. The third kappa shape index (κ3) is 5.47. The highest BCUT2D eigenvalue weighted by atomic mass is 16.5. The summed E-state index contributed by atoms with van der Waals surface area (Å²) < 4.78 is 11.2. The van der Waals surface area contributed by atoms with Crippen LogP contribution in [-0.4, -0.2) is 31.3 Å². The Morgan fingerprint density at radius 3 is 2.95 bits per heavy atom. The van der Waals surface area contributed by atoms with E-state index in [1.54, 1.807) is 0 Å². The summed E-state index contributed by atoms with van der Waals surface area (Å²) >= 11 is 0. The minimum atomic E-state index is 0.605. The van der Waals surface area contributed by atoms with E-state index in [9.17, 15) is 0 Å². The second-order valence-electron chi connectivity index (χ2n) is 5.89. The second kappa shape index (κ2) is 8.22. The lowest BCUT2D eigenvalue weighted by Gasteiger charge is -2.21. The Morgan fingerprint density at radius 2 is 2.20 bits per heavy atom. The van der Waals surface area contributed by atoms with Crippen molar-refractivity contribution < 1.29 is 9.47 Å². The number of rotatable bonds is 7. The van der Waals surface area contributed by atoms with Crippen LogP contribution in [-0.2, 0) is 11.3 Å². The minimum Gasteiger partial charge on any atom is -0.477 e. The van der Waals surface area contributed by atoms with Gasteiger partial charge in [-0.1, -0.05) is 13.8 Å². The Labute approximate surface area is 121 Å². The average Bonchev–Trinajstić information content (AvgIpc) is 2.46. The predicted molar refractivity (Wildman–Crippen MR) is 79.8 cm³/mol. The van der Waals surface area contributed by atoms with E-state index in [2.05, 4.69) is 24.1 Å². The molecule has 0 bridgehead atoms. The first-order valence-corrected chi connectivity index (χ1v) is 7.60. The molecule has 0 amide bonds. The first-order chi connectivity index (χ1) is 9.74. The highest BCUT2D eigenvalue weighted by Crippen LogP contribution is 2.17. The number of ether oxygens (including phenoxy) is 2. The molecule has 4 nitrogen and oxygen atoms in total. The van der Waals surface area contributed by atoms with Crippen LogP contribution in [0, 0.1) is 11.8 Å². The van der Waals surface area contributed by atoms with Crippen molar-refractivity contribution in [1.29, 1.82) is 0 Å². The zero-order chi connectivity index (χ0) is 14.2. The molecule has 0 aliphatic carbocycles. The maximum Gasteiger partial charge on any atom is 0.213 e. The van der Waals surface area contributed by atoms with Gasteiger partial charge in [0.1, 0.15) is 0 Å². The Hall–Kier alpha value is -1.13. The van der Waals surface area contributed by atoms with Crippen molar-refractivity contribution in [2.24, 2.45) is 11.8 Å². The molecular weight excluding hydrogens is 252 g/mol. The van der Waals surface area contributed by atoms with Gasteiger partial charge in [0.05, 0.1) is 6.61 Å². The summed E-state index contributed by atoms with van der Waals surface area (Å²) in [7, 11) is 0. The number of aromatic nitrogens is 1. The maximum absolute atomic E-state index is 5.82. The lowest BCUT2D eigenvalue weighted by Crippen LogP contribution is -2.22. The van der Waals surface area contributed by atoms with Crippen molar-refractivity contribution in [3.8, 4) is 5.88 Å². The number of hydrogen-bond acceptors (Lipinski definition) is 4. The molecule has 0 atom stereocenters. The first kappa shape index (κ1) is 15.3. The molecule has 2 rings (SSSR count). The van der Waals surface area contributed by atoms with Gasteiger partial charge >= 0.3 is 0 Å². The molecule has 1 aromatic rings. The molecule has 20 heavy (non-hydrogen) atoms. The molecular formula is C16H26N2O2. The van der Waals surface area contributed by atoms with Crippen molar-refractivity contribution in [3.05, 3.63) is 23.9 Å². The van der Waals surface area contributed by atoms with Crippen molar-refractivity contribution in [1.82, 2.24) is 10.3 Å². The molecule has 0 unspecified atom stereocenters. The van der Waals surface area contributed by atoms with E-state index >= 15 is 0 Å². The van der Waals surface area contributed by atoms with Gasteiger partial charge in [-0.15, -0.1) is 0 Å². The molecule has 1 fully saturated rings. The van der Waals surface area contributed by atoms with Gasteiger partial charge in [-0.25, -0.2) is 4.98 Å². The summed E-state index contributed by atoms with van der Waals surface area (Å²) in [6.07, 6.45) is 4.01. The van der Waals surface area contributed by atoms with Crippen LogP contribution in [0.2, 0.25) is 0 Å². The molecule has 4 heteroatoms. The minimum absolute atomic E-state index is 0.605. The van der Waals surface area contributed by atoms with Crippen molar-refractivity contribution in [2.45, 2.75) is 33.2 Å². The van der Waals surface area contributed by atoms with Crippen LogP contribution in [0.1, 0.15) is 32.3 Å². The molecule has 0 radical (unpaired) electrons. The second-order valence-corrected chi connectivity index (χ2v) is 5.89. The largest absolute Gasteiger partial charge is 0.477 e. The van der Waals surface area contributed by atoms with Crippen LogP contribution in [0.4, 0.5) is 0 Å². The van der Waals surface area contributed by atoms with Gasteiger partial charge in [-0.05, 0) is 42.9 Å². The fourth-order valence-electron chi connectivity index (χ4n) is 2.26. The number of pyridine rings is 1. The van der Waals surface area contributed by atoms with Gasteiger partial charge < -0.3 is 14.8 Å². The normalized spacial score (nSPS) is 16.6. The molecule has 112 valence electrons. The third-order valence-corrected chi connectivity index (χ3v) is 3.49. The molecule has 0 saturated carbocycles. The van der Waals surface area contributed by atoms with Gasteiger partial charge in [0, 0.05) is 32.0 Å². The van der Waals surface area contributed by atoms with E-state index in [0.717, 1.165) is 51.6 Å². The molecule has 1 aliphatic heterocycles. The van der Waals surface area contributed by atoms with Gasteiger partial charge in [0.25, 0.3) is 0 Å². The molecule has 1 aromatic heterocycles. The Bertz CT molecular complexity index is 390. The molecule has 0 aromatic carbocycles. The van der Waals surface area contributed by atoms with Crippen LogP contribution in [0.25, 0.3) is 0 Å². The van der Waals surface area contributed by atoms with E-state index in [4.69, 9.17) is 9.47 Å². The van der Waals surface area contributed by atoms with Crippen LogP contribution in [0.15, 0.2) is 18.3 Å². The van der Waals surface area contributed by atoms with E-state index < -0.39 is 0 Å². The smallest absolute Gasteiger partial charge is 0.213 e. The summed E-state index contributed by atoms with van der Waals surface area (Å²) in [4.78, 5) is 4.29. The lowest BCUT2D eigenvalue weighted by atomic mass is 10.0. The van der Waals surface area contributed by atoms with Crippen LogP contribution in [0.3, 0.4) is 0 Å². The van der Waals surface area contributed by atoms with Crippen molar-refractivity contribution >= 4 is 0 Å². The molecule has 0 spiro atoms. The van der Waals surface area contributed by atoms with E-state index in [0.29, 0.717) is 11.8 Å². The zero-order valence-corrected chi connectivity index (χ0v) is 12.6. The van der Waals surface area contributed by atoms with E-state index in [1.165, 1.54) is 5.56 Å². The van der Waals surface area contributed by atoms with Gasteiger partial charge in [-0.2, -0.15) is 0 Å². The molecule has 1 N–H and O–H groups in total. The van der Waals surface area contributed by atoms with Crippen LogP contribution in [0.5, 0.6) is 5.88 Å². The Morgan fingerprint density at radius 1 is 1.40 bits per heavy atom. The Balaban J connectivity index is 1.76. The molecule has 1 aliphatic rings. The molecule has 2 heterocycles. The summed E-state index contributed by atoms with van der Waals surface area (Å²) in [5.74, 6) is 2.01. The summed E-state index contributed by atoms with van der Waals surface area (Å²) in [5.41, 5.74) is 1.22. The van der Waals surface area contributed by atoms with Crippen molar-refractivity contribution in [3.63, 3.8) is 0 Å². The topological polar surface area (TPSA) is 43.4 Å². The van der Waals surface area contributed by atoms with Crippen LogP contribution < -0.4 is 10.1 Å². The fraction of sp³-hybridized carbons (Fsp3) is 0.688. The fourth-order valence-corrected chi connectivity index (χ4v) is 2.26. The number of nitrogens with one attached hydrogen (secondary N) is 1. The first-order valence-electron chi connectivity index (χ1n) is 7.60. The van der Waals surface area contributed by atoms with E-state index in [-0.39, 0.29) is 0 Å². The standard InChI is InChI=1S/C16H26N2O2/c1-13(2)10-17-11-15-3-6-18-16(9-15)20-12-14-4-7-19-8-5-14/h3,6,9,13-14,17H,4-5,7-8,10-12H2,1-2H3. The van der Waals surface area contributed by atoms with E-state index in [1.807, 2.05) is 18.3 Å². The SMILES string of the molecule is CC(C)CNCc1ccnc(OCC2CCOCC2)c1. The molecule has 1 saturated heterocycles. The Kier molecular flexibility index (Phi) is 6.27. The average molecular weight is 278 g/mol. The zero-order valence-electron chi connectivity index (χ0n) is 12.6. The summed E-state index contributed by atoms with van der Waals surface area (Å²) in [6.45, 7) is 8.79. The lowest BCUT2D eigenvalue weighted by molar-refractivity contribution is 0.0490.